The Morgan fingerprint density at radius 1 is 0.970 bits per heavy atom. The number of phenols is 1. The zero-order chi connectivity index (χ0) is 23.5. The van der Waals surface area contributed by atoms with Crippen LogP contribution in [0.5, 0.6) is 5.75 Å². The Kier molecular flexibility index (Phi) is 6.73. The van der Waals surface area contributed by atoms with Gasteiger partial charge in [0.2, 0.25) is 5.91 Å². The minimum absolute atomic E-state index is 0.0931. The van der Waals surface area contributed by atoms with Crippen LogP contribution in [0.1, 0.15) is 60.8 Å². The average molecular weight is 443 g/mol. The molecule has 3 aromatic carbocycles. The lowest BCUT2D eigenvalue weighted by Crippen LogP contribution is -2.36. The molecule has 4 nitrogen and oxygen atoms in total. The van der Waals surface area contributed by atoms with Gasteiger partial charge in [-0.3, -0.25) is 4.79 Å². The zero-order valence-electron chi connectivity index (χ0n) is 20.1. The number of amides is 1. The minimum Gasteiger partial charge on any atom is -0.508 e. The Morgan fingerprint density at radius 3 is 2.27 bits per heavy atom. The topological polar surface area (TPSA) is 43.8 Å². The number of aromatic hydroxyl groups is 1. The van der Waals surface area contributed by atoms with E-state index in [4.69, 9.17) is 0 Å². The normalized spacial score (nSPS) is 15.2. The molecule has 1 aliphatic rings. The number of benzene rings is 3. The van der Waals surface area contributed by atoms with Crippen molar-refractivity contribution in [2.75, 3.05) is 23.9 Å². The molecule has 1 unspecified atom stereocenters. The lowest BCUT2D eigenvalue weighted by atomic mass is 9.81. The standard InChI is InChI=1S/C29H34N2O2/c1-20(2)22-10-15-25(16-11-22)31(19-21-8-13-24(14-9-21)30(3)4)29(33)27-7-5-6-23-12-17-26(32)18-28(23)27/h8-18,20,27,32H,5-7,19H2,1-4H3. The summed E-state index contributed by atoms with van der Waals surface area (Å²) in [5.41, 5.74) is 6.53. The van der Waals surface area contributed by atoms with Gasteiger partial charge >= 0.3 is 0 Å². The Labute approximate surface area is 197 Å². The van der Waals surface area contributed by atoms with E-state index in [2.05, 4.69) is 67.3 Å². The molecule has 3 aromatic rings. The SMILES string of the molecule is CC(C)c1ccc(N(Cc2ccc(N(C)C)cc2)C(=O)C2CCCc3ccc(O)cc32)cc1. The van der Waals surface area contributed by atoms with Gasteiger partial charge in [-0.1, -0.05) is 44.2 Å². The van der Waals surface area contributed by atoms with E-state index in [1.54, 1.807) is 12.1 Å². The predicted molar refractivity (Wildman–Crippen MR) is 136 cm³/mol. The van der Waals surface area contributed by atoms with Crippen molar-refractivity contribution >= 4 is 17.3 Å². The number of hydrogen-bond acceptors (Lipinski definition) is 3. The number of fused-ring (bicyclic) bond motifs is 1. The number of phenolic OH excluding ortho intramolecular Hbond substituents is 1. The molecule has 0 saturated heterocycles. The van der Waals surface area contributed by atoms with Gasteiger partial charge in [-0.05, 0) is 83.8 Å². The molecule has 4 rings (SSSR count). The molecule has 0 radical (unpaired) electrons. The van der Waals surface area contributed by atoms with Crippen molar-refractivity contribution in [1.82, 2.24) is 0 Å². The molecule has 0 aromatic heterocycles. The van der Waals surface area contributed by atoms with Crippen molar-refractivity contribution in [3.8, 4) is 5.75 Å². The fourth-order valence-corrected chi connectivity index (χ4v) is 4.65. The van der Waals surface area contributed by atoms with E-state index in [-0.39, 0.29) is 17.6 Å². The van der Waals surface area contributed by atoms with Crippen LogP contribution in [-0.2, 0) is 17.8 Å². The van der Waals surface area contributed by atoms with Gasteiger partial charge in [0, 0.05) is 25.5 Å². The van der Waals surface area contributed by atoms with Gasteiger partial charge < -0.3 is 14.9 Å². The molecule has 0 heterocycles. The van der Waals surface area contributed by atoms with E-state index < -0.39 is 0 Å². The summed E-state index contributed by atoms with van der Waals surface area (Å²) in [6, 6.07) is 22.2. The highest BCUT2D eigenvalue weighted by atomic mass is 16.3. The molecule has 0 aliphatic heterocycles. The van der Waals surface area contributed by atoms with Crippen LogP contribution in [-0.4, -0.2) is 25.1 Å². The van der Waals surface area contributed by atoms with E-state index in [9.17, 15) is 9.90 Å². The third-order valence-electron chi connectivity index (χ3n) is 6.67. The van der Waals surface area contributed by atoms with Crippen LogP contribution in [0.2, 0.25) is 0 Å². The minimum atomic E-state index is -0.244. The fraction of sp³-hybridized carbons (Fsp3) is 0.345. The molecule has 1 amide bonds. The summed E-state index contributed by atoms with van der Waals surface area (Å²) in [5, 5.41) is 10.1. The highest BCUT2D eigenvalue weighted by Gasteiger charge is 2.31. The summed E-state index contributed by atoms with van der Waals surface area (Å²) >= 11 is 0. The van der Waals surface area contributed by atoms with Crippen LogP contribution in [0.25, 0.3) is 0 Å². The highest BCUT2D eigenvalue weighted by Crippen LogP contribution is 2.36. The van der Waals surface area contributed by atoms with Crippen LogP contribution in [0.15, 0.2) is 66.7 Å². The molecule has 1 atom stereocenters. The maximum Gasteiger partial charge on any atom is 0.234 e. The van der Waals surface area contributed by atoms with Crippen molar-refractivity contribution in [1.29, 1.82) is 0 Å². The number of rotatable bonds is 6. The second kappa shape index (κ2) is 9.70. The van der Waals surface area contributed by atoms with E-state index >= 15 is 0 Å². The van der Waals surface area contributed by atoms with Gasteiger partial charge in [0.1, 0.15) is 5.75 Å². The average Bonchev–Trinajstić information content (AvgIpc) is 2.82. The third kappa shape index (κ3) is 5.05. The molecule has 172 valence electrons. The van der Waals surface area contributed by atoms with Crippen molar-refractivity contribution < 1.29 is 9.90 Å². The molecule has 0 fully saturated rings. The summed E-state index contributed by atoms with van der Waals surface area (Å²) in [4.78, 5) is 18.0. The van der Waals surface area contributed by atoms with E-state index in [0.29, 0.717) is 12.5 Å². The number of hydrogen-bond donors (Lipinski definition) is 1. The van der Waals surface area contributed by atoms with Gasteiger partial charge in [-0.2, -0.15) is 0 Å². The number of aryl methyl sites for hydroxylation is 1. The molecule has 0 saturated carbocycles. The zero-order valence-corrected chi connectivity index (χ0v) is 20.1. The van der Waals surface area contributed by atoms with Crippen LogP contribution >= 0.6 is 0 Å². The molecule has 4 heteroatoms. The molecular weight excluding hydrogens is 408 g/mol. The molecule has 0 spiro atoms. The first-order valence-electron chi connectivity index (χ1n) is 11.8. The monoisotopic (exact) mass is 442 g/mol. The van der Waals surface area contributed by atoms with Crippen molar-refractivity contribution in [2.45, 2.75) is 51.5 Å². The van der Waals surface area contributed by atoms with Crippen LogP contribution in [0.3, 0.4) is 0 Å². The third-order valence-corrected chi connectivity index (χ3v) is 6.67. The van der Waals surface area contributed by atoms with Crippen molar-refractivity contribution in [3.63, 3.8) is 0 Å². The maximum atomic E-state index is 14.0. The smallest absolute Gasteiger partial charge is 0.234 e. The van der Waals surface area contributed by atoms with Crippen molar-refractivity contribution in [2.24, 2.45) is 0 Å². The van der Waals surface area contributed by atoms with Gasteiger partial charge in [0.15, 0.2) is 0 Å². The summed E-state index contributed by atoms with van der Waals surface area (Å²) in [5.74, 6) is 0.512. The number of carbonyl (C=O) groups excluding carboxylic acids is 1. The van der Waals surface area contributed by atoms with Crippen LogP contribution in [0, 0.1) is 0 Å². The molecule has 0 bridgehead atoms. The lowest BCUT2D eigenvalue weighted by Gasteiger charge is -2.31. The van der Waals surface area contributed by atoms with E-state index in [1.807, 2.05) is 25.1 Å². The van der Waals surface area contributed by atoms with Crippen LogP contribution in [0.4, 0.5) is 11.4 Å². The second-order valence-corrected chi connectivity index (χ2v) is 9.56. The summed E-state index contributed by atoms with van der Waals surface area (Å²) < 4.78 is 0. The maximum absolute atomic E-state index is 14.0. The number of nitrogens with zero attached hydrogens (tertiary/aromatic N) is 2. The van der Waals surface area contributed by atoms with Gasteiger partial charge in [-0.25, -0.2) is 0 Å². The summed E-state index contributed by atoms with van der Waals surface area (Å²) in [7, 11) is 4.05. The summed E-state index contributed by atoms with van der Waals surface area (Å²) in [6.45, 7) is 4.86. The first-order valence-corrected chi connectivity index (χ1v) is 11.8. The second-order valence-electron chi connectivity index (χ2n) is 9.56. The Bertz CT molecular complexity index is 1100. The molecular formula is C29H34N2O2. The first kappa shape index (κ1) is 22.9. The number of anilines is 2. The quantitative estimate of drug-likeness (QED) is 0.492. The van der Waals surface area contributed by atoms with Gasteiger partial charge in [0.05, 0.1) is 12.5 Å². The fourth-order valence-electron chi connectivity index (χ4n) is 4.65. The summed E-state index contributed by atoms with van der Waals surface area (Å²) in [6.07, 6.45) is 2.73. The Hall–Kier alpha value is -3.27. The van der Waals surface area contributed by atoms with Gasteiger partial charge in [-0.15, -0.1) is 0 Å². The lowest BCUT2D eigenvalue weighted by molar-refractivity contribution is -0.120. The van der Waals surface area contributed by atoms with E-state index in [1.165, 1.54) is 11.1 Å². The Morgan fingerprint density at radius 2 is 1.64 bits per heavy atom. The first-order chi connectivity index (χ1) is 15.8. The van der Waals surface area contributed by atoms with Crippen molar-refractivity contribution in [3.05, 3.63) is 89.0 Å². The molecule has 1 N–H and O–H groups in total. The van der Waals surface area contributed by atoms with E-state index in [0.717, 1.165) is 41.8 Å². The molecule has 33 heavy (non-hydrogen) atoms. The largest absolute Gasteiger partial charge is 0.508 e. The predicted octanol–water partition coefficient (Wildman–Crippen LogP) is 6.23. The highest BCUT2D eigenvalue weighted by molar-refractivity contribution is 5.98. The molecule has 1 aliphatic carbocycles. The van der Waals surface area contributed by atoms with Gasteiger partial charge in [0.25, 0.3) is 0 Å². The number of carbonyl (C=O) groups is 1. The Balaban J connectivity index is 1.69. The van der Waals surface area contributed by atoms with Crippen LogP contribution < -0.4 is 9.80 Å².